The van der Waals surface area contributed by atoms with Gasteiger partial charge in [-0.3, -0.25) is 9.59 Å². The second-order valence-electron chi connectivity index (χ2n) is 1.77. The van der Waals surface area contributed by atoms with Crippen LogP contribution in [0.3, 0.4) is 0 Å². The van der Waals surface area contributed by atoms with Gasteiger partial charge in [-0.15, -0.1) is 0 Å². The third kappa shape index (κ3) is 1.00. The highest BCUT2D eigenvalue weighted by molar-refractivity contribution is 5.98. The summed E-state index contributed by atoms with van der Waals surface area (Å²) in [6.07, 6.45) is 2.54. The van der Waals surface area contributed by atoms with Gasteiger partial charge in [-0.25, -0.2) is 0 Å². The van der Waals surface area contributed by atoms with Crippen LogP contribution < -0.4 is 0 Å². The largest absolute Gasteiger partial charge is 0.468 e. The van der Waals surface area contributed by atoms with Gasteiger partial charge in [-0.05, 0) is 6.08 Å². The minimum Gasteiger partial charge on any atom is -0.468 e. The second kappa shape index (κ2) is 2.51. The first-order valence-electron chi connectivity index (χ1n) is 2.70. The Bertz CT molecular complexity index is 194. The van der Waals surface area contributed by atoms with E-state index in [4.69, 9.17) is 0 Å². The van der Waals surface area contributed by atoms with E-state index < -0.39 is 17.9 Å². The first-order valence-corrected chi connectivity index (χ1v) is 2.70. The average Bonchev–Trinajstić information content (AvgIpc) is 2.34. The summed E-state index contributed by atoms with van der Waals surface area (Å²) >= 11 is 0. The van der Waals surface area contributed by atoms with Crippen molar-refractivity contribution < 1.29 is 19.1 Å². The number of carbonyl (C=O) groups excluding carboxylic acids is 2. The van der Waals surface area contributed by atoms with Gasteiger partial charge in [0.25, 0.3) is 0 Å². The molecule has 1 unspecified atom stereocenters. The molecule has 1 heterocycles. The van der Waals surface area contributed by atoms with Crippen molar-refractivity contribution >= 4 is 11.9 Å². The third-order valence-corrected chi connectivity index (χ3v) is 1.16. The van der Waals surface area contributed by atoms with Crippen LogP contribution in [-0.4, -0.2) is 19.0 Å². The maximum atomic E-state index is 10.7. The monoisotopic (exact) mass is 142 g/mol. The lowest BCUT2D eigenvalue weighted by molar-refractivity contribution is -0.152. The van der Waals surface area contributed by atoms with Crippen LogP contribution in [0.5, 0.6) is 0 Å². The van der Waals surface area contributed by atoms with Crippen molar-refractivity contribution in [3.63, 3.8) is 0 Å². The summed E-state index contributed by atoms with van der Waals surface area (Å²) in [4.78, 5) is 21.2. The van der Waals surface area contributed by atoms with Crippen molar-refractivity contribution in [1.29, 1.82) is 0 Å². The molecule has 0 N–H and O–H groups in total. The minimum absolute atomic E-state index is 0.577. The molecule has 0 bridgehead atoms. The maximum Gasteiger partial charge on any atom is 0.329 e. The molecule has 1 rings (SSSR count). The van der Waals surface area contributed by atoms with Gasteiger partial charge in [-0.2, -0.15) is 0 Å². The van der Waals surface area contributed by atoms with Crippen molar-refractivity contribution in [1.82, 2.24) is 0 Å². The molecular weight excluding hydrogens is 136 g/mol. The summed E-state index contributed by atoms with van der Waals surface area (Å²) in [5.41, 5.74) is 0. The summed E-state index contributed by atoms with van der Waals surface area (Å²) in [5.74, 6) is -2.02. The Balaban J connectivity index is 2.64. The Morgan fingerprint density at radius 3 is 2.90 bits per heavy atom. The standard InChI is InChI=1S/C6H6O4/c1-9-5(7)4-2-3-10-6(4)8/h2-4H,1H3. The van der Waals surface area contributed by atoms with Crippen LogP contribution in [0, 0.1) is 5.92 Å². The summed E-state index contributed by atoms with van der Waals surface area (Å²) in [6, 6.07) is 0. The summed E-state index contributed by atoms with van der Waals surface area (Å²) in [6.45, 7) is 0. The fourth-order valence-electron chi connectivity index (χ4n) is 0.639. The van der Waals surface area contributed by atoms with Crippen LogP contribution >= 0.6 is 0 Å². The molecule has 0 spiro atoms. The molecule has 0 saturated heterocycles. The van der Waals surface area contributed by atoms with Gasteiger partial charge in [0, 0.05) is 0 Å². The van der Waals surface area contributed by atoms with Crippen molar-refractivity contribution in [2.75, 3.05) is 7.11 Å². The Kier molecular flexibility index (Phi) is 1.71. The Morgan fingerprint density at radius 1 is 1.80 bits per heavy atom. The van der Waals surface area contributed by atoms with Crippen LogP contribution in [0.1, 0.15) is 0 Å². The average molecular weight is 142 g/mol. The predicted molar refractivity (Wildman–Crippen MR) is 30.7 cm³/mol. The predicted octanol–water partition coefficient (Wildman–Crippen LogP) is -0.154. The lowest BCUT2D eigenvalue weighted by atomic mass is 10.2. The van der Waals surface area contributed by atoms with Crippen LogP contribution in [0.25, 0.3) is 0 Å². The zero-order chi connectivity index (χ0) is 7.56. The molecule has 1 atom stereocenters. The van der Waals surface area contributed by atoms with E-state index >= 15 is 0 Å². The molecule has 4 nitrogen and oxygen atoms in total. The molecule has 1 aliphatic rings. The van der Waals surface area contributed by atoms with Gasteiger partial charge in [0.2, 0.25) is 0 Å². The molecule has 0 saturated carbocycles. The van der Waals surface area contributed by atoms with E-state index in [0.29, 0.717) is 0 Å². The SMILES string of the molecule is COC(=O)C1C=COC1=O. The molecule has 1 aliphatic heterocycles. The normalized spacial score (nSPS) is 22.5. The number of cyclic esters (lactones) is 1. The van der Waals surface area contributed by atoms with Gasteiger partial charge in [0.15, 0.2) is 5.92 Å². The molecule has 0 aromatic heterocycles. The fourth-order valence-corrected chi connectivity index (χ4v) is 0.639. The van der Waals surface area contributed by atoms with Crippen LogP contribution in [-0.2, 0) is 19.1 Å². The molecular formula is C6H6O4. The quantitative estimate of drug-likeness (QED) is 0.377. The number of ether oxygens (including phenoxy) is 2. The van der Waals surface area contributed by atoms with E-state index in [9.17, 15) is 9.59 Å². The zero-order valence-corrected chi connectivity index (χ0v) is 5.37. The van der Waals surface area contributed by atoms with Crippen LogP contribution in [0.2, 0.25) is 0 Å². The van der Waals surface area contributed by atoms with Gasteiger partial charge in [0.1, 0.15) is 0 Å². The highest BCUT2D eigenvalue weighted by atomic mass is 16.5. The van der Waals surface area contributed by atoms with Gasteiger partial charge < -0.3 is 9.47 Å². The lowest BCUT2D eigenvalue weighted by Gasteiger charge is -1.99. The minimum atomic E-state index is -0.856. The Morgan fingerprint density at radius 2 is 2.50 bits per heavy atom. The second-order valence-corrected chi connectivity index (χ2v) is 1.77. The molecule has 0 radical (unpaired) electrons. The van der Waals surface area contributed by atoms with Crippen molar-refractivity contribution in [3.8, 4) is 0 Å². The number of hydrogen-bond donors (Lipinski definition) is 0. The first-order chi connectivity index (χ1) is 4.75. The Labute approximate surface area is 57.4 Å². The molecule has 54 valence electrons. The number of carbonyl (C=O) groups is 2. The van der Waals surface area contributed by atoms with E-state index in [1.807, 2.05) is 0 Å². The fraction of sp³-hybridized carbons (Fsp3) is 0.333. The van der Waals surface area contributed by atoms with E-state index in [-0.39, 0.29) is 0 Å². The Hall–Kier alpha value is -1.32. The summed E-state index contributed by atoms with van der Waals surface area (Å²) < 4.78 is 8.68. The number of hydrogen-bond acceptors (Lipinski definition) is 4. The number of methoxy groups -OCH3 is 1. The van der Waals surface area contributed by atoms with Gasteiger partial charge in [-0.1, -0.05) is 0 Å². The number of rotatable bonds is 1. The lowest BCUT2D eigenvalue weighted by Crippen LogP contribution is -2.20. The molecule has 0 fully saturated rings. The van der Waals surface area contributed by atoms with Crippen molar-refractivity contribution in [2.24, 2.45) is 5.92 Å². The molecule has 0 aromatic rings. The third-order valence-electron chi connectivity index (χ3n) is 1.16. The van der Waals surface area contributed by atoms with Gasteiger partial charge in [0.05, 0.1) is 13.4 Å². The van der Waals surface area contributed by atoms with Crippen molar-refractivity contribution in [2.45, 2.75) is 0 Å². The first kappa shape index (κ1) is 6.80. The smallest absolute Gasteiger partial charge is 0.329 e. The molecule has 4 heteroatoms. The number of esters is 2. The highest BCUT2D eigenvalue weighted by Crippen LogP contribution is 2.11. The van der Waals surface area contributed by atoms with Gasteiger partial charge >= 0.3 is 11.9 Å². The van der Waals surface area contributed by atoms with Crippen LogP contribution in [0.4, 0.5) is 0 Å². The molecule has 0 aliphatic carbocycles. The van der Waals surface area contributed by atoms with E-state index in [1.54, 1.807) is 0 Å². The molecule has 10 heavy (non-hydrogen) atoms. The highest BCUT2D eigenvalue weighted by Gasteiger charge is 2.29. The molecule has 0 amide bonds. The van der Waals surface area contributed by atoms with E-state index in [0.717, 1.165) is 0 Å². The van der Waals surface area contributed by atoms with E-state index in [2.05, 4.69) is 9.47 Å². The summed E-state index contributed by atoms with van der Waals surface area (Å²) in [7, 11) is 1.22. The van der Waals surface area contributed by atoms with Crippen LogP contribution in [0.15, 0.2) is 12.3 Å². The summed E-state index contributed by atoms with van der Waals surface area (Å²) in [5, 5.41) is 0. The maximum absolute atomic E-state index is 10.7. The molecule has 0 aromatic carbocycles. The topological polar surface area (TPSA) is 52.6 Å². The van der Waals surface area contributed by atoms with Crippen molar-refractivity contribution in [3.05, 3.63) is 12.3 Å². The zero-order valence-electron chi connectivity index (χ0n) is 5.37. The van der Waals surface area contributed by atoms with E-state index in [1.165, 1.54) is 19.4 Å².